The Kier molecular flexibility index (Phi) is 2.74. The number of nitro groups is 1. The first-order valence-electron chi connectivity index (χ1n) is 2.86. The predicted molar refractivity (Wildman–Crippen MR) is 41.4 cm³/mol. The fourth-order valence-electron chi connectivity index (χ4n) is 0.562. The molecule has 0 saturated carbocycles. The molecule has 57 valence electrons. The van der Waals surface area contributed by atoms with E-state index in [0.29, 0.717) is 0 Å². The minimum absolute atomic E-state index is 0.711. The molecule has 0 heterocycles. The van der Waals surface area contributed by atoms with Crippen molar-refractivity contribution in [1.82, 2.24) is 4.83 Å². The lowest BCUT2D eigenvalue weighted by molar-refractivity contribution is -0.521. The lowest BCUT2D eigenvalue weighted by Crippen LogP contribution is -2.03. The van der Waals surface area contributed by atoms with Crippen molar-refractivity contribution < 1.29 is 5.03 Å². The summed E-state index contributed by atoms with van der Waals surface area (Å²) in [5.41, 5.74) is 0. The summed E-state index contributed by atoms with van der Waals surface area (Å²) in [6, 6.07) is 8.97. The Morgan fingerprint density at radius 1 is 1.36 bits per heavy atom. The first-order valence-corrected chi connectivity index (χ1v) is 3.64. The molecule has 1 aromatic rings. The number of nitrogens with zero attached hydrogens (tertiary/aromatic N) is 2. The molecule has 1 rings (SSSR count). The molecule has 0 saturated heterocycles. The van der Waals surface area contributed by atoms with Gasteiger partial charge < -0.3 is 0 Å². The first kappa shape index (κ1) is 7.87. The number of hydrogen-bond donors (Lipinski definition) is 0. The highest BCUT2D eigenvalue weighted by Gasteiger charge is 2.00. The zero-order chi connectivity index (χ0) is 8.10. The summed E-state index contributed by atoms with van der Waals surface area (Å²) in [5.74, 6) is 0. The van der Waals surface area contributed by atoms with Gasteiger partial charge in [-0.15, -0.1) is 0 Å². The summed E-state index contributed by atoms with van der Waals surface area (Å²) in [7, 11) is 0. The molecule has 0 atom stereocenters. The molecule has 0 bridgehead atoms. The van der Waals surface area contributed by atoms with Crippen LogP contribution in [0.4, 0.5) is 0 Å². The van der Waals surface area contributed by atoms with Crippen molar-refractivity contribution in [2.24, 2.45) is 0 Å². The van der Waals surface area contributed by atoms with Gasteiger partial charge in [-0.1, -0.05) is 18.2 Å². The van der Waals surface area contributed by atoms with E-state index in [1.807, 2.05) is 6.07 Å². The zero-order valence-electron chi connectivity index (χ0n) is 5.51. The molecule has 0 aliphatic rings. The molecule has 0 spiro atoms. The highest BCUT2D eigenvalue weighted by Crippen LogP contribution is 2.13. The molecule has 5 heteroatoms. The Balaban J connectivity index is 2.45. The van der Waals surface area contributed by atoms with E-state index in [4.69, 9.17) is 0 Å². The fraction of sp³-hybridized carbons (Fsp3) is 0. The maximum atomic E-state index is 9.79. The highest BCUT2D eigenvalue weighted by atomic mass is 32.2. The van der Waals surface area contributed by atoms with Gasteiger partial charge in [-0.2, -0.15) is 0 Å². The second-order valence-electron chi connectivity index (χ2n) is 1.72. The number of benzene rings is 1. The molecular formula is C6H5N2O2S. The minimum Gasteiger partial charge on any atom is -0.232 e. The Hall–Kier alpha value is -1.23. The van der Waals surface area contributed by atoms with E-state index >= 15 is 0 Å². The normalized spacial score (nSPS) is 9.09. The average molecular weight is 169 g/mol. The van der Waals surface area contributed by atoms with E-state index in [9.17, 15) is 10.1 Å². The van der Waals surface area contributed by atoms with Crippen molar-refractivity contribution >= 4 is 11.9 Å². The van der Waals surface area contributed by atoms with Gasteiger partial charge in [0.05, 0.1) is 11.9 Å². The highest BCUT2D eigenvalue weighted by molar-refractivity contribution is 7.97. The Morgan fingerprint density at radius 3 is 2.55 bits per heavy atom. The zero-order valence-corrected chi connectivity index (χ0v) is 6.32. The van der Waals surface area contributed by atoms with Crippen LogP contribution in [0.3, 0.4) is 0 Å². The van der Waals surface area contributed by atoms with Gasteiger partial charge in [-0.25, -0.2) is 10.1 Å². The van der Waals surface area contributed by atoms with Gasteiger partial charge in [0, 0.05) is 4.90 Å². The van der Waals surface area contributed by atoms with Crippen molar-refractivity contribution in [3.63, 3.8) is 0 Å². The third-order valence-electron chi connectivity index (χ3n) is 0.956. The van der Waals surface area contributed by atoms with Crippen LogP contribution in [-0.2, 0) is 0 Å². The largest absolute Gasteiger partial charge is 0.232 e. The molecule has 0 aromatic heterocycles. The number of hydrogen-bond acceptors (Lipinski definition) is 3. The SMILES string of the molecule is O=[N+]([O-])[N]Sc1ccccc1. The van der Waals surface area contributed by atoms with Gasteiger partial charge >= 0.3 is 0 Å². The molecule has 1 aromatic carbocycles. The van der Waals surface area contributed by atoms with E-state index in [-0.39, 0.29) is 0 Å². The van der Waals surface area contributed by atoms with Crippen LogP contribution in [0.25, 0.3) is 0 Å². The van der Waals surface area contributed by atoms with Crippen molar-refractivity contribution in [3.05, 3.63) is 40.4 Å². The van der Waals surface area contributed by atoms with Crippen LogP contribution in [0.1, 0.15) is 0 Å². The summed E-state index contributed by atoms with van der Waals surface area (Å²) in [6.45, 7) is 0. The van der Waals surface area contributed by atoms with Gasteiger partial charge in [0.15, 0.2) is 5.03 Å². The summed E-state index contributed by atoms with van der Waals surface area (Å²) in [5, 5.41) is 9.08. The minimum atomic E-state index is -0.711. The second kappa shape index (κ2) is 3.82. The molecule has 0 amide bonds. The van der Waals surface area contributed by atoms with Gasteiger partial charge in [0.1, 0.15) is 4.83 Å². The Morgan fingerprint density at radius 2 is 2.00 bits per heavy atom. The smallest absolute Gasteiger partial charge is 0.198 e. The molecule has 0 aliphatic carbocycles. The maximum absolute atomic E-state index is 9.79. The van der Waals surface area contributed by atoms with E-state index in [0.717, 1.165) is 16.8 Å². The van der Waals surface area contributed by atoms with Crippen LogP contribution < -0.4 is 4.83 Å². The summed E-state index contributed by atoms with van der Waals surface area (Å²) < 4.78 is 0. The second-order valence-corrected chi connectivity index (χ2v) is 2.54. The van der Waals surface area contributed by atoms with E-state index in [1.54, 1.807) is 24.3 Å². The van der Waals surface area contributed by atoms with Crippen LogP contribution in [0.2, 0.25) is 0 Å². The third kappa shape index (κ3) is 2.90. The Bertz CT molecular complexity index is 240. The van der Waals surface area contributed by atoms with Crippen LogP contribution in [0, 0.1) is 10.1 Å². The van der Waals surface area contributed by atoms with Gasteiger partial charge in [0.2, 0.25) is 0 Å². The average Bonchev–Trinajstić information content (AvgIpc) is 2.03. The van der Waals surface area contributed by atoms with Crippen molar-refractivity contribution in [2.45, 2.75) is 4.90 Å². The molecular weight excluding hydrogens is 164 g/mol. The van der Waals surface area contributed by atoms with Crippen LogP contribution >= 0.6 is 11.9 Å². The molecule has 1 radical (unpaired) electrons. The molecule has 0 aliphatic heterocycles. The lowest BCUT2D eigenvalue weighted by Gasteiger charge is -1.90. The van der Waals surface area contributed by atoms with Crippen LogP contribution in [0.5, 0.6) is 0 Å². The summed E-state index contributed by atoms with van der Waals surface area (Å²) >= 11 is 0.854. The predicted octanol–water partition coefficient (Wildman–Crippen LogP) is 1.49. The molecule has 0 fully saturated rings. The van der Waals surface area contributed by atoms with E-state index < -0.39 is 5.03 Å². The van der Waals surface area contributed by atoms with E-state index in [2.05, 4.69) is 4.83 Å². The van der Waals surface area contributed by atoms with Crippen molar-refractivity contribution in [1.29, 1.82) is 0 Å². The standard InChI is InChI=1S/C6H5N2O2S/c9-8(10)7-11-6-4-2-1-3-5-6/h1-5H. The van der Waals surface area contributed by atoms with Crippen LogP contribution in [0.15, 0.2) is 35.2 Å². The molecule has 0 unspecified atom stereocenters. The Labute approximate surface area is 67.9 Å². The van der Waals surface area contributed by atoms with Crippen molar-refractivity contribution in [3.8, 4) is 0 Å². The molecule has 4 nitrogen and oxygen atoms in total. The van der Waals surface area contributed by atoms with Gasteiger partial charge in [-0.3, -0.25) is 0 Å². The third-order valence-corrected chi connectivity index (χ3v) is 1.65. The fourth-order valence-corrected chi connectivity index (χ4v) is 1.00. The monoisotopic (exact) mass is 169 g/mol. The quantitative estimate of drug-likeness (QED) is 0.391. The van der Waals surface area contributed by atoms with Gasteiger partial charge in [0.25, 0.3) is 0 Å². The van der Waals surface area contributed by atoms with E-state index in [1.165, 1.54) is 0 Å². The maximum Gasteiger partial charge on any atom is 0.198 e. The number of rotatable bonds is 3. The molecule has 11 heavy (non-hydrogen) atoms. The summed E-state index contributed by atoms with van der Waals surface area (Å²) in [4.78, 5) is 13.6. The lowest BCUT2D eigenvalue weighted by atomic mass is 10.4. The van der Waals surface area contributed by atoms with Gasteiger partial charge in [-0.05, 0) is 12.1 Å². The van der Waals surface area contributed by atoms with Crippen LogP contribution in [-0.4, -0.2) is 5.03 Å². The summed E-state index contributed by atoms with van der Waals surface area (Å²) in [6.07, 6.45) is 0. The van der Waals surface area contributed by atoms with Crippen molar-refractivity contribution in [2.75, 3.05) is 0 Å². The first-order chi connectivity index (χ1) is 5.29. The molecule has 0 N–H and O–H groups in total. The topological polar surface area (TPSA) is 57.2 Å².